The first-order chi connectivity index (χ1) is 8.39. The molecule has 0 bridgehead atoms. The van der Waals surface area contributed by atoms with Gasteiger partial charge in [0.15, 0.2) is 0 Å². The smallest absolute Gasteiger partial charge is 0.0468 e. The van der Waals surface area contributed by atoms with Gasteiger partial charge in [-0.2, -0.15) is 11.8 Å². The lowest BCUT2D eigenvalue weighted by molar-refractivity contribution is 0.485. The summed E-state index contributed by atoms with van der Waals surface area (Å²) in [6.45, 7) is 7.59. The SMILES string of the molecule is CCC(NCC(C)(C)SC)c1ccc(Cl)cc1Cl. The van der Waals surface area contributed by atoms with Crippen molar-refractivity contribution < 1.29 is 0 Å². The zero-order valence-electron chi connectivity index (χ0n) is 11.4. The van der Waals surface area contributed by atoms with Crippen molar-refractivity contribution in [1.29, 1.82) is 0 Å². The molecule has 102 valence electrons. The van der Waals surface area contributed by atoms with Gasteiger partial charge in [-0.05, 0) is 44.2 Å². The topological polar surface area (TPSA) is 12.0 Å². The lowest BCUT2D eigenvalue weighted by Crippen LogP contribution is -2.34. The Bertz CT molecular complexity index is 393. The van der Waals surface area contributed by atoms with Gasteiger partial charge in [-0.15, -0.1) is 0 Å². The second kappa shape index (κ2) is 7.04. The molecule has 1 unspecified atom stereocenters. The summed E-state index contributed by atoms with van der Waals surface area (Å²) in [5, 5.41) is 5.01. The van der Waals surface area contributed by atoms with Gasteiger partial charge in [-0.25, -0.2) is 0 Å². The Kier molecular flexibility index (Phi) is 6.32. The molecule has 1 nitrogen and oxygen atoms in total. The van der Waals surface area contributed by atoms with Gasteiger partial charge in [0.1, 0.15) is 0 Å². The van der Waals surface area contributed by atoms with E-state index in [9.17, 15) is 0 Å². The highest BCUT2D eigenvalue weighted by Gasteiger charge is 2.19. The van der Waals surface area contributed by atoms with Crippen LogP contribution in [0, 0.1) is 0 Å². The first-order valence-corrected chi connectivity index (χ1v) is 8.11. The molecule has 0 aromatic heterocycles. The van der Waals surface area contributed by atoms with Crippen molar-refractivity contribution in [2.75, 3.05) is 12.8 Å². The molecule has 0 spiro atoms. The van der Waals surface area contributed by atoms with Gasteiger partial charge in [0.05, 0.1) is 0 Å². The Morgan fingerprint density at radius 2 is 2.00 bits per heavy atom. The van der Waals surface area contributed by atoms with Crippen LogP contribution in [0.2, 0.25) is 10.0 Å². The molecule has 1 atom stereocenters. The first-order valence-electron chi connectivity index (χ1n) is 6.13. The van der Waals surface area contributed by atoms with Crippen molar-refractivity contribution in [2.24, 2.45) is 0 Å². The van der Waals surface area contributed by atoms with E-state index >= 15 is 0 Å². The van der Waals surface area contributed by atoms with Gasteiger partial charge in [-0.1, -0.05) is 36.2 Å². The molecule has 18 heavy (non-hydrogen) atoms. The maximum atomic E-state index is 6.26. The second-order valence-electron chi connectivity index (χ2n) is 4.97. The monoisotopic (exact) mass is 305 g/mol. The zero-order valence-corrected chi connectivity index (χ0v) is 13.7. The van der Waals surface area contributed by atoms with Crippen LogP contribution in [-0.4, -0.2) is 17.5 Å². The van der Waals surface area contributed by atoms with Crippen LogP contribution in [0.3, 0.4) is 0 Å². The fourth-order valence-corrected chi connectivity index (χ4v) is 2.47. The molecule has 0 aliphatic rings. The predicted octanol–water partition coefficient (Wildman–Crippen LogP) is 5.18. The van der Waals surface area contributed by atoms with E-state index in [0.29, 0.717) is 5.02 Å². The quantitative estimate of drug-likeness (QED) is 0.777. The minimum Gasteiger partial charge on any atom is -0.309 e. The molecule has 0 amide bonds. The fourth-order valence-electron chi connectivity index (χ4n) is 1.70. The van der Waals surface area contributed by atoms with Crippen LogP contribution in [0.4, 0.5) is 0 Å². The van der Waals surface area contributed by atoms with Gasteiger partial charge in [-0.3, -0.25) is 0 Å². The summed E-state index contributed by atoms with van der Waals surface area (Å²) in [5.74, 6) is 0. The van der Waals surface area contributed by atoms with Gasteiger partial charge >= 0.3 is 0 Å². The molecule has 0 radical (unpaired) electrons. The summed E-state index contributed by atoms with van der Waals surface area (Å²) in [6, 6.07) is 5.99. The van der Waals surface area contributed by atoms with Gasteiger partial charge < -0.3 is 5.32 Å². The Morgan fingerprint density at radius 1 is 1.33 bits per heavy atom. The van der Waals surface area contributed by atoms with Crippen LogP contribution in [0.5, 0.6) is 0 Å². The van der Waals surface area contributed by atoms with E-state index in [1.807, 2.05) is 30.0 Å². The van der Waals surface area contributed by atoms with Gasteiger partial charge in [0.2, 0.25) is 0 Å². The number of hydrogen-bond donors (Lipinski definition) is 1. The Morgan fingerprint density at radius 3 is 2.50 bits per heavy atom. The van der Waals surface area contributed by atoms with E-state index in [1.165, 1.54) is 0 Å². The maximum absolute atomic E-state index is 6.26. The molecule has 0 aliphatic heterocycles. The van der Waals surface area contributed by atoms with Crippen LogP contribution >= 0.6 is 35.0 Å². The molecule has 1 rings (SSSR count). The summed E-state index contributed by atoms with van der Waals surface area (Å²) in [7, 11) is 0. The lowest BCUT2D eigenvalue weighted by Gasteiger charge is -2.27. The predicted molar refractivity (Wildman–Crippen MR) is 85.1 cm³/mol. The molecule has 0 heterocycles. The van der Waals surface area contributed by atoms with Crippen molar-refractivity contribution in [3.05, 3.63) is 33.8 Å². The summed E-state index contributed by atoms with van der Waals surface area (Å²) in [6.07, 6.45) is 3.14. The number of thioether (sulfide) groups is 1. The highest BCUT2D eigenvalue weighted by molar-refractivity contribution is 7.99. The highest BCUT2D eigenvalue weighted by Crippen LogP contribution is 2.29. The Balaban J connectivity index is 2.77. The van der Waals surface area contributed by atoms with Crippen LogP contribution in [0.1, 0.15) is 38.8 Å². The van der Waals surface area contributed by atoms with E-state index in [4.69, 9.17) is 23.2 Å². The molecule has 4 heteroatoms. The van der Waals surface area contributed by atoms with Crippen molar-refractivity contribution in [2.45, 2.75) is 38.0 Å². The van der Waals surface area contributed by atoms with Crippen molar-refractivity contribution in [1.82, 2.24) is 5.32 Å². The number of benzene rings is 1. The van der Waals surface area contributed by atoms with Crippen LogP contribution in [-0.2, 0) is 0 Å². The number of halogens is 2. The van der Waals surface area contributed by atoms with E-state index < -0.39 is 0 Å². The molecular formula is C14H21Cl2NS. The van der Waals surface area contributed by atoms with Gasteiger partial charge in [0, 0.05) is 27.4 Å². The first kappa shape index (κ1) is 16.2. The standard InChI is InChI=1S/C14H21Cl2NS/c1-5-13(17-9-14(2,3)18-4)11-7-6-10(15)8-12(11)16/h6-8,13,17H,5,9H2,1-4H3. The van der Waals surface area contributed by atoms with E-state index in [0.717, 1.165) is 23.6 Å². The van der Waals surface area contributed by atoms with Crippen molar-refractivity contribution >= 4 is 35.0 Å². The molecule has 0 aliphatic carbocycles. The largest absolute Gasteiger partial charge is 0.309 e. The zero-order chi connectivity index (χ0) is 13.8. The normalized spacial score (nSPS) is 13.7. The summed E-state index contributed by atoms with van der Waals surface area (Å²) >= 11 is 14.1. The van der Waals surface area contributed by atoms with Crippen LogP contribution < -0.4 is 5.32 Å². The molecule has 0 fully saturated rings. The number of hydrogen-bond acceptors (Lipinski definition) is 2. The molecule has 0 saturated carbocycles. The minimum absolute atomic E-state index is 0.228. The Hall–Kier alpha value is 0.110. The number of rotatable bonds is 6. The molecule has 1 aromatic rings. The summed E-state index contributed by atoms with van der Waals surface area (Å²) in [4.78, 5) is 0. The molecule has 0 saturated heterocycles. The maximum Gasteiger partial charge on any atom is 0.0468 e. The average Bonchev–Trinajstić information content (AvgIpc) is 2.32. The third-order valence-electron chi connectivity index (χ3n) is 3.07. The fraction of sp³-hybridized carbons (Fsp3) is 0.571. The second-order valence-corrected chi connectivity index (χ2v) is 7.33. The van der Waals surface area contributed by atoms with E-state index in [-0.39, 0.29) is 10.8 Å². The third-order valence-corrected chi connectivity index (χ3v) is 4.88. The van der Waals surface area contributed by atoms with E-state index in [1.54, 1.807) is 0 Å². The van der Waals surface area contributed by atoms with Crippen molar-refractivity contribution in [3.63, 3.8) is 0 Å². The lowest BCUT2D eigenvalue weighted by atomic mass is 10.0. The van der Waals surface area contributed by atoms with Crippen molar-refractivity contribution in [3.8, 4) is 0 Å². The molecular weight excluding hydrogens is 285 g/mol. The number of nitrogens with one attached hydrogen (secondary N) is 1. The molecule has 1 aromatic carbocycles. The highest BCUT2D eigenvalue weighted by atomic mass is 35.5. The van der Waals surface area contributed by atoms with Crippen LogP contribution in [0.25, 0.3) is 0 Å². The average molecular weight is 306 g/mol. The Labute approximate surface area is 125 Å². The minimum atomic E-state index is 0.228. The van der Waals surface area contributed by atoms with Crippen LogP contribution in [0.15, 0.2) is 18.2 Å². The third kappa shape index (κ3) is 4.65. The summed E-state index contributed by atoms with van der Waals surface area (Å²) in [5.41, 5.74) is 1.13. The molecule has 1 N–H and O–H groups in total. The van der Waals surface area contributed by atoms with Gasteiger partial charge in [0.25, 0.3) is 0 Å². The summed E-state index contributed by atoms with van der Waals surface area (Å²) < 4.78 is 0.228. The van der Waals surface area contributed by atoms with E-state index in [2.05, 4.69) is 32.3 Å².